The zero-order valence-corrected chi connectivity index (χ0v) is 12.9. The summed E-state index contributed by atoms with van der Waals surface area (Å²) in [6.45, 7) is 0. The number of benzene rings is 2. The van der Waals surface area contributed by atoms with Crippen molar-refractivity contribution in [2.24, 2.45) is 0 Å². The van der Waals surface area contributed by atoms with E-state index in [0.717, 1.165) is 0 Å². The summed E-state index contributed by atoms with van der Waals surface area (Å²) in [6, 6.07) is 5.99. The van der Waals surface area contributed by atoms with E-state index in [4.69, 9.17) is 27.9 Å². The molecule has 2 rings (SSSR count). The Morgan fingerprint density at radius 1 is 1.10 bits per heavy atom. The third-order valence-electron chi connectivity index (χ3n) is 3.16. The fourth-order valence-electron chi connectivity index (χ4n) is 2.16. The zero-order valence-electron chi connectivity index (χ0n) is 11.4. The summed E-state index contributed by atoms with van der Waals surface area (Å²) in [7, 11) is 3.05. The van der Waals surface area contributed by atoms with Gasteiger partial charge < -0.3 is 10.1 Å². The lowest BCUT2D eigenvalue weighted by Crippen LogP contribution is -2.21. The second-order valence-electron chi connectivity index (χ2n) is 4.37. The highest BCUT2D eigenvalue weighted by atomic mass is 35.5. The zero-order chi connectivity index (χ0) is 15.6. The highest BCUT2D eigenvalue weighted by Crippen LogP contribution is 2.37. The summed E-state index contributed by atoms with van der Waals surface area (Å²) < 4.78 is 33.0. The third-order valence-corrected chi connectivity index (χ3v) is 3.78. The summed E-state index contributed by atoms with van der Waals surface area (Å²) in [5, 5.41) is 3.48. The van der Waals surface area contributed by atoms with E-state index in [9.17, 15) is 8.78 Å². The van der Waals surface area contributed by atoms with E-state index in [2.05, 4.69) is 5.32 Å². The Bertz CT molecular complexity index is 644. The van der Waals surface area contributed by atoms with Crippen LogP contribution in [0.15, 0.2) is 30.3 Å². The summed E-state index contributed by atoms with van der Waals surface area (Å²) in [5.41, 5.74) is 0.358. The summed E-state index contributed by atoms with van der Waals surface area (Å²) in [6.07, 6.45) is 0. The Morgan fingerprint density at radius 3 is 2.24 bits per heavy atom. The largest absolute Gasteiger partial charge is 0.495 e. The van der Waals surface area contributed by atoms with Crippen LogP contribution in [0.4, 0.5) is 8.78 Å². The lowest BCUT2D eigenvalue weighted by molar-refractivity contribution is 0.414. The molecule has 0 aliphatic carbocycles. The van der Waals surface area contributed by atoms with Crippen LogP contribution < -0.4 is 10.1 Å². The Balaban J connectivity index is 2.60. The van der Waals surface area contributed by atoms with Gasteiger partial charge in [-0.2, -0.15) is 0 Å². The molecule has 0 saturated carbocycles. The molecule has 1 atom stereocenters. The molecule has 2 nitrogen and oxygen atoms in total. The first-order chi connectivity index (χ1) is 9.99. The van der Waals surface area contributed by atoms with Gasteiger partial charge in [0.2, 0.25) is 0 Å². The van der Waals surface area contributed by atoms with Gasteiger partial charge in [-0.05, 0) is 30.8 Å². The number of halogens is 4. The van der Waals surface area contributed by atoms with E-state index in [-0.39, 0.29) is 5.56 Å². The van der Waals surface area contributed by atoms with E-state index in [1.54, 1.807) is 7.05 Å². The van der Waals surface area contributed by atoms with Crippen LogP contribution in [0, 0.1) is 11.6 Å². The first-order valence-electron chi connectivity index (χ1n) is 6.13. The lowest BCUT2D eigenvalue weighted by Gasteiger charge is -2.20. The van der Waals surface area contributed by atoms with Gasteiger partial charge >= 0.3 is 0 Å². The minimum Gasteiger partial charge on any atom is -0.495 e. The van der Waals surface area contributed by atoms with Crippen molar-refractivity contribution in [2.45, 2.75) is 6.04 Å². The van der Waals surface area contributed by atoms with Gasteiger partial charge in [-0.1, -0.05) is 29.3 Å². The fraction of sp³-hybridized carbons (Fsp3) is 0.200. The molecule has 1 unspecified atom stereocenters. The Labute approximate surface area is 131 Å². The molecule has 0 saturated heterocycles. The smallest absolute Gasteiger partial charge is 0.138 e. The molecule has 0 bridgehead atoms. The van der Waals surface area contributed by atoms with Crippen LogP contribution in [0.3, 0.4) is 0 Å². The first kappa shape index (κ1) is 16.0. The molecule has 6 heteroatoms. The number of methoxy groups -OCH3 is 1. The van der Waals surface area contributed by atoms with Crippen molar-refractivity contribution in [3.05, 3.63) is 63.1 Å². The fourth-order valence-corrected chi connectivity index (χ4v) is 2.68. The topological polar surface area (TPSA) is 21.3 Å². The van der Waals surface area contributed by atoms with E-state index < -0.39 is 17.7 Å². The van der Waals surface area contributed by atoms with Crippen LogP contribution in [-0.4, -0.2) is 14.2 Å². The highest BCUT2D eigenvalue weighted by Gasteiger charge is 2.23. The van der Waals surface area contributed by atoms with E-state index in [0.29, 0.717) is 21.4 Å². The number of ether oxygens (including phenoxy) is 1. The SMILES string of the molecule is CNC(c1cc(Cl)c(OC)cc1Cl)c1c(F)cccc1F. The lowest BCUT2D eigenvalue weighted by atomic mass is 9.97. The number of rotatable bonds is 4. The molecule has 0 aromatic heterocycles. The Hall–Kier alpha value is -1.36. The van der Waals surface area contributed by atoms with Gasteiger partial charge in [0.15, 0.2) is 0 Å². The molecular formula is C15H13Cl2F2NO. The van der Waals surface area contributed by atoms with Crippen molar-refractivity contribution in [2.75, 3.05) is 14.2 Å². The Kier molecular flexibility index (Phi) is 5.04. The van der Waals surface area contributed by atoms with Crippen LogP contribution in [0.2, 0.25) is 10.0 Å². The van der Waals surface area contributed by atoms with Gasteiger partial charge in [-0.3, -0.25) is 0 Å². The predicted octanol–water partition coefficient (Wildman–Crippen LogP) is 4.59. The standard InChI is InChI=1S/C15H13Cl2F2NO/c1-20-15(14-11(18)4-3-5-12(14)19)8-6-10(17)13(21-2)7-9(8)16/h3-7,15,20H,1-2H3. The van der Waals surface area contributed by atoms with E-state index >= 15 is 0 Å². The highest BCUT2D eigenvalue weighted by molar-refractivity contribution is 6.34. The second-order valence-corrected chi connectivity index (χ2v) is 5.18. The molecule has 0 radical (unpaired) electrons. The van der Waals surface area contributed by atoms with Gasteiger partial charge in [-0.15, -0.1) is 0 Å². The van der Waals surface area contributed by atoms with Gasteiger partial charge in [0.25, 0.3) is 0 Å². The molecule has 0 aliphatic heterocycles. The molecule has 2 aromatic rings. The number of nitrogens with one attached hydrogen (secondary N) is 1. The minimum absolute atomic E-state index is 0.108. The van der Waals surface area contributed by atoms with E-state index in [1.165, 1.54) is 37.4 Å². The molecule has 0 aliphatic rings. The van der Waals surface area contributed by atoms with Gasteiger partial charge in [-0.25, -0.2) is 8.78 Å². The van der Waals surface area contributed by atoms with Gasteiger partial charge in [0, 0.05) is 16.7 Å². The predicted molar refractivity (Wildman–Crippen MR) is 80.3 cm³/mol. The van der Waals surface area contributed by atoms with Crippen molar-refractivity contribution < 1.29 is 13.5 Å². The van der Waals surface area contributed by atoms with E-state index in [1.807, 2.05) is 0 Å². The van der Waals surface area contributed by atoms with Crippen molar-refractivity contribution in [1.29, 1.82) is 0 Å². The first-order valence-corrected chi connectivity index (χ1v) is 6.89. The summed E-state index contributed by atoms with van der Waals surface area (Å²) in [4.78, 5) is 0. The minimum atomic E-state index is -0.762. The maximum atomic E-state index is 14.0. The molecule has 0 spiro atoms. The monoisotopic (exact) mass is 331 g/mol. The molecule has 1 N–H and O–H groups in total. The molecule has 0 amide bonds. The molecule has 2 aromatic carbocycles. The van der Waals surface area contributed by atoms with Crippen LogP contribution in [0.5, 0.6) is 5.75 Å². The quantitative estimate of drug-likeness (QED) is 0.884. The van der Waals surface area contributed by atoms with Crippen LogP contribution >= 0.6 is 23.2 Å². The molecular weight excluding hydrogens is 319 g/mol. The van der Waals surface area contributed by atoms with Crippen molar-refractivity contribution >= 4 is 23.2 Å². The summed E-state index contributed by atoms with van der Waals surface area (Å²) >= 11 is 12.3. The molecule has 0 heterocycles. The van der Waals surface area contributed by atoms with Gasteiger partial charge in [0.1, 0.15) is 17.4 Å². The third kappa shape index (κ3) is 3.12. The molecule has 0 fully saturated rings. The average molecular weight is 332 g/mol. The molecule has 21 heavy (non-hydrogen) atoms. The number of hydrogen-bond donors (Lipinski definition) is 1. The summed E-state index contributed by atoms with van der Waals surface area (Å²) in [5.74, 6) is -0.913. The van der Waals surface area contributed by atoms with Gasteiger partial charge in [0.05, 0.1) is 18.2 Å². The number of hydrogen-bond acceptors (Lipinski definition) is 2. The maximum absolute atomic E-state index is 14.0. The van der Waals surface area contributed by atoms with Crippen LogP contribution in [0.1, 0.15) is 17.2 Å². The average Bonchev–Trinajstić information content (AvgIpc) is 2.45. The van der Waals surface area contributed by atoms with Crippen molar-refractivity contribution in [1.82, 2.24) is 5.32 Å². The Morgan fingerprint density at radius 2 is 1.71 bits per heavy atom. The van der Waals surface area contributed by atoms with Crippen molar-refractivity contribution in [3.63, 3.8) is 0 Å². The van der Waals surface area contributed by atoms with Crippen LogP contribution in [-0.2, 0) is 0 Å². The second kappa shape index (κ2) is 6.60. The molecule has 112 valence electrons. The van der Waals surface area contributed by atoms with Crippen LogP contribution in [0.25, 0.3) is 0 Å². The van der Waals surface area contributed by atoms with Crippen molar-refractivity contribution in [3.8, 4) is 5.75 Å². The maximum Gasteiger partial charge on any atom is 0.138 e. The normalized spacial score (nSPS) is 12.3.